The van der Waals surface area contributed by atoms with E-state index in [0.717, 1.165) is 18.4 Å². The highest BCUT2D eigenvalue weighted by Gasteiger charge is 2.48. The fourth-order valence-corrected chi connectivity index (χ4v) is 3.70. The number of aromatic nitrogens is 2. The van der Waals surface area contributed by atoms with Crippen LogP contribution in [0.1, 0.15) is 42.5 Å². The molecule has 1 saturated heterocycles. The minimum atomic E-state index is -1.16. The SMILES string of the molecule is O=C(O)[C@@]1(Cc2ccccc2)CCN(Cc2noc(C3CC3)n2)C[C@@H]1O. The van der Waals surface area contributed by atoms with Crippen LogP contribution in [0.3, 0.4) is 0 Å². The number of β-amino-alcohol motifs (C(OH)–C–C–N with tert-alkyl or cyclic N) is 1. The molecule has 7 nitrogen and oxygen atoms in total. The van der Waals surface area contributed by atoms with E-state index in [0.29, 0.717) is 43.6 Å². The standard InChI is InChI=1S/C19H23N3O4/c23-15-11-22(12-16-20-17(26-21-16)14-6-7-14)9-8-19(15,18(24)25)10-13-4-2-1-3-5-13/h1-5,14-15,23H,6-12H2,(H,24,25)/t15-,19+/m0/s1. The molecule has 2 aliphatic rings. The zero-order valence-corrected chi connectivity index (χ0v) is 14.5. The first-order valence-corrected chi connectivity index (χ1v) is 9.07. The number of rotatable bonds is 6. The van der Waals surface area contributed by atoms with Gasteiger partial charge in [-0.2, -0.15) is 4.98 Å². The van der Waals surface area contributed by atoms with E-state index in [1.165, 1.54) is 0 Å². The molecule has 2 aromatic rings. The molecular weight excluding hydrogens is 334 g/mol. The van der Waals surface area contributed by atoms with E-state index in [4.69, 9.17) is 4.52 Å². The first-order valence-electron chi connectivity index (χ1n) is 9.07. The number of hydrogen-bond donors (Lipinski definition) is 2. The maximum absolute atomic E-state index is 12.0. The van der Waals surface area contributed by atoms with Gasteiger partial charge in [0, 0.05) is 12.5 Å². The summed E-state index contributed by atoms with van der Waals surface area (Å²) in [7, 11) is 0. The third-order valence-corrected chi connectivity index (χ3v) is 5.51. The first kappa shape index (κ1) is 17.2. The third-order valence-electron chi connectivity index (χ3n) is 5.51. The van der Waals surface area contributed by atoms with Crippen molar-refractivity contribution in [3.05, 3.63) is 47.6 Å². The molecule has 4 rings (SSSR count). The average molecular weight is 357 g/mol. The molecule has 0 bridgehead atoms. The van der Waals surface area contributed by atoms with Gasteiger partial charge >= 0.3 is 5.97 Å². The topological polar surface area (TPSA) is 99.7 Å². The van der Waals surface area contributed by atoms with Crippen molar-refractivity contribution in [2.24, 2.45) is 5.41 Å². The largest absolute Gasteiger partial charge is 0.481 e. The van der Waals surface area contributed by atoms with Gasteiger partial charge in [-0.1, -0.05) is 35.5 Å². The Kier molecular flexibility index (Phi) is 4.50. The Morgan fingerprint density at radius 2 is 2.08 bits per heavy atom. The van der Waals surface area contributed by atoms with Crippen LogP contribution < -0.4 is 0 Å². The Morgan fingerprint density at radius 1 is 1.31 bits per heavy atom. The van der Waals surface area contributed by atoms with Crippen LogP contribution in [-0.4, -0.2) is 50.4 Å². The summed E-state index contributed by atoms with van der Waals surface area (Å²) in [4.78, 5) is 18.4. The quantitative estimate of drug-likeness (QED) is 0.813. The summed E-state index contributed by atoms with van der Waals surface area (Å²) in [5, 5.41) is 24.6. The lowest BCUT2D eigenvalue weighted by molar-refractivity contribution is -0.163. The fraction of sp³-hybridized carbons (Fsp3) is 0.526. The van der Waals surface area contributed by atoms with Gasteiger partial charge in [0.1, 0.15) is 5.41 Å². The molecule has 1 saturated carbocycles. The third kappa shape index (κ3) is 3.37. The number of hydrogen-bond acceptors (Lipinski definition) is 6. The molecule has 1 aliphatic heterocycles. The average Bonchev–Trinajstić information content (AvgIpc) is 3.38. The Hall–Kier alpha value is -2.25. The van der Waals surface area contributed by atoms with Crippen molar-refractivity contribution < 1.29 is 19.5 Å². The fourth-order valence-electron chi connectivity index (χ4n) is 3.70. The summed E-state index contributed by atoms with van der Waals surface area (Å²) in [5.74, 6) is 0.768. The second-order valence-electron chi connectivity index (χ2n) is 7.45. The van der Waals surface area contributed by atoms with Crippen LogP contribution in [0.15, 0.2) is 34.9 Å². The smallest absolute Gasteiger partial charge is 0.312 e. The van der Waals surface area contributed by atoms with Crippen LogP contribution >= 0.6 is 0 Å². The molecule has 26 heavy (non-hydrogen) atoms. The molecule has 0 radical (unpaired) electrons. The van der Waals surface area contributed by atoms with Gasteiger partial charge in [-0.15, -0.1) is 0 Å². The van der Waals surface area contributed by atoms with Gasteiger partial charge in [-0.3, -0.25) is 9.69 Å². The number of likely N-dealkylation sites (tertiary alicyclic amines) is 1. The first-order chi connectivity index (χ1) is 12.6. The maximum atomic E-state index is 12.0. The van der Waals surface area contributed by atoms with Gasteiger partial charge in [0.25, 0.3) is 0 Å². The second-order valence-corrected chi connectivity index (χ2v) is 7.45. The van der Waals surface area contributed by atoms with E-state index >= 15 is 0 Å². The van der Waals surface area contributed by atoms with Crippen molar-refractivity contribution in [2.75, 3.05) is 13.1 Å². The van der Waals surface area contributed by atoms with Gasteiger partial charge in [-0.05, 0) is 37.8 Å². The van der Waals surface area contributed by atoms with Crippen molar-refractivity contribution >= 4 is 5.97 Å². The highest BCUT2D eigenvalue weighted by atomic mass is 16.5. The van der Waals surface area contributed by atoms with Crippen LogP contribution in [0, 0.1) is 5.41 Å². The van der Waals surface area contributed by atoms with Gasteiger partial charge in [0.2, 0.25) is 5.89 Å². The molecule has 0 spiro atoms. The zero-order valence-electron chi connectivity index (χ0n) is 14.5. The highest BCUT2D eigenvalue weighted by molar-refractivity contribution is 5.76. The Morgan fingerprint density at radius 3 is 2.73 bits per heavy atom. The second kappa shape index (κ2) is 6.81. The van der Waals surface area contributed by atoms with E-state index in [2.05, 4.69) is 10.1 Å². The Balaban J connectivity index is 1.44. The number of aliphatic hydroxyl groups excluding tert-OH is 1. The highest BCUT2D eigenvalue weighted by Crippen LogP contribution is 2.39. The predicted molar refractivity (Wildman–Crippen MR) is 92.4 cm³/mol. The summed E-state index contributed by atoms with van der Waals surface area (Å²) in [6.45, 7) is 1.32. The number of carboxylic acid groups (broad SMARTS) is 1. The molecule has 1 aromatic heterocycles. The Bertz CT molecular complexity index is 774. The lowest BCUT2D eigenvalue weighted by Gasteiger charge is -2.42. The molecule has 1 aromatic carbocycles. The van der Waals surface area contributed by atoms with Crippen LogP contribution in [0.4, 0.5) is 0 Å². The normalized spacial score (nSPS) is 26.7. The molecule has 2 atom stereocenters. The van der Waals surface area contributed by atoms with E-state index < -0.39 is 17.5 Å². The van der Waals surface area contributed by atoms with E-state index in [-0.39, 0.29) is 6.54 Å². The van der Waals surface area contributed by atoms with Gasteiger partial charge < -0.3 is 14.7 Å². The number of aliphatic carboxylic acids is 1. The summed E-state index contributed by atoms with van der Waals surface area (Å²) >= 11 is 0. The number of carboxylic acids is 1. The molecule has 7 heteroatoms. The number of nitrogens with zero attached hydrogens (tertiary/aromatic N) is 3. The number of piperidine rings is 1. The van der Waals surface area contributed by atoms with Crippen LogP contribution in [0.5, 0.6) is 0 Å². The summed E-state index contributed by atoms with van der Waals surface area (Å²) in [6, 6.07) is 9.49. The number of carbonyl (C=O) groups is 1. The summed E-state index contributed by atoms with van der Waals surface area (Å²) in [5.41, 5.74) is -0.233. The van der Waals surface area contributed by atoms with Crippen LogP contribution in [0.25, 0.3) is 0 Å². The zero-order chi connectivity index (χ0) is 18.1. The van der Waals surface area contributed by atoms with Crippen molar-refractivity contribution in [1.29, 1.82) is 0 Å². The lowest BCUT2D eigenvalue weighted by Crippen LogP contribution is -2.55. The van der Waals surface area contributed by atoms with Crippen LogP contribution in [-0.2, 0) is 17.8 Å². The summed E-state index contributed by atoms with van der Waals surface area (Å²) in [6.07, 6.45) is 1.96. The maximum Gasteiger partial charge on any atom is 0.312 e. The molecule has 0 amide bonds. The molecule has 2 heterocycles. The Labute approximate surface area is 151 Å². The van der Waals surface area contributed by atoms with Crippen molar-refractivity contribution in [3.63, 3.8) is 0 Å². The molecule has 0 unspecified atom stereocenters. The van der Waals surface area contributed by atoms with E-state index in [1.807, 2.05) is 35.2 Å². The molecule has 1 aliphatic carbocycles. The van der Waals surface area contributed by atoms with E-state index in [9.17, 15) is 15.0 Å². The number of benzene rings is 1. The number of aliphatic hydroxyl groups is 1. The van der Waals surface area contributed by atoms with Gasteiger partial charge in [0.15, 0.2) is 5.82 Å². The van der Waals surface area contributed by atoms with Gasteiger partial charge in [-0.25, -0.2) is 0 Å². The van der Waals surface area contributed by atoms with Crippen molar-refractivity contribution in [2.45, 2.75) is 44.2 Å². The minimum absolute atomic E-state index is 0.284. The van der Waals surface area contributed by atoms with Crippen LogP contribution in [0.2, 0.25) is 0 Å². The predicted octanol–water partition coefficient (Wildman–Crippen LogP) is 1.83. The van der Waals surface area contributed by atoms with Gasteiger partial charge in [0.05, 0.1) is 12.6 Å². The van der Waals surface area contributed by atoms with E-state index in [1.54, 1.807) is 0 Å². The molecular formula is C19H23N3O4. The summed E-state index contributed by atoms with van der Waals surface area (Å²) < 4.78 is 5.27. The molecule has 2 N–H and O–H groups in total. The molecule has 2 fully saturated rings. The van der Waals surface area contributed by atoms with Crippen molar-refractivity contribution in [3.8, 4) is 0 Å². The minimum Gasteiger partial charge on any atom is -0.481 e. The lowest BCUT2D eigenvalue weighted by atomic mass is 9.71. The van der Waals surface area contributed by atoms with Crippen molar-refractivity contribution in [1.82, 2.24) is 15.0 Å². The monoisotopic (exact) mass is 357 g/mol. The molecule has 138 valence electrons.